The van der Waals surface area contributed by atoms with Crippen LogP contribution in [-0.2, 0) is 13.0 Å². The van der Waals surface area contributed by atoms with Crippen molar-refractivity contribution in [1.82, 2.24) is 0 Å². The van der Waals surface area contributed by atoms with Crippen molar-refractivity contribution in [2.75, 3.05) is 0 Å². The Balaban J connectivity index is 2.98. The molecule has 0 fully saturated rings. The van der Waals surface area contributed by atoms with Crippen LogP contribution >= 0.6 is 0 Å². The molecule has 78 valence electrons. The lowest BCUT2D eigenvalue weighted by Crippen LogP contribution is -2.34. The molecule has 0 saturated carbocycles. The van der Waals surface area contributed by atoms with Crippen LogP contribution in [0.3, 0.4) is 0 Å². The van der Waals surface area contributed by atoms with Gasteiger partial charge in [0.2, 0.25) is 0 Å². The molecule has 0 atom stereocenters. The lowest BCUT2D eigenvalue weighted by atomic mass is 9.94. The van der Waals surface area contributed by atoms with E-state index in [9.17, 15) is 5.11 Å². The molecule has 0 bridgehead atoms. The summed E-state index contributed by atoms with van der Waals surface area (Å²) in [5.74, 6) is 0.161. The van der Waals surface area contributed by atoms with Crippen molar-refractivity contribution in [2.45, 2.75) is 32.4 Å². The average molecular weight is 195 g/mol. The van der Waals surface area contributed by atoms with E-state index in [0.717, 1.165) is 5.56 Å². The molecule has 0 amide bonds. The molecule has 0 radical (unpaired) electrons. The second-order valence-electron chi connectivity index (χ2n) is 4.25. The van der Waals surface area contributed by atoms with E-state index < -0.39 is 0 Å². The van der Waals surface area contributed by atoms with Gasteiger partial charge in [0.05, 0.1) is 6.61 Å². The zero-order valence-electron chi connectivity index (χ0n) is 8.62. The number of hydrogen-bond donors (Lipinski definition) is 3. The smallest absolute Gasteiger partial charge is 0.124 e. The second kappa shape index (κ2) is 3.98. The Labute approximate surface area is 84.2 Å². The van der Waals surface area contributed by atoms with Crippen LogP contribution in [0.15, 0.2) is 18.2 Å². The molecule has 3 heteroatoms. The fourth-order valence-corrected chi connectivity index (χ4v) is 1.41. The summed E-state index contributed by atoms with van der Waals surface area (Å²) in [4.78, 5) is 0. The van der Waals surface area contributed by atoms with E-state index in [1.165, 1.54) is 0 Å². The highest BCUT2D eigenvalue weighted by Crippen LogP contribution is 2.25. The molecule has 0 unspecified atom stereocenters. The maximum atomic E-state index is 9.74. The Bertz CT molecular complexity index is 316. The average Bonchev–Trinajstić information content (AvgIpc) is 2.06. The second-order valence-corrected chi connectivity index (χ2v) is 4.25. The molecule has 0 aliphatic carbocycles. The number of nitrogens with two attached hydrogens (primary N) is 1. The predicted molar refractivity (Wildman–Crippen MR) is 56.0 cm³/mol. The van der Waals surface area contributed by atoms with Gasteiger partial charge in [-0.05, 0) is 25.8 Å². The van der Waals surface area contributed by atoms with Gasteiger partial charge in [0.1, 0.15) is 5.75 Å². The molecular formula is C11H17NO2. The third kappa shape index (κ3) is 2.72. The van der Waals surface area contributed by atoms with Crippen molar-refractivity contribution in [3.63, 3.8) is 0 Å². The van der Waals surface area contributed by atoms with E-state index in [1.807, 2.05) is 26.0 Å². The van der Waals surface area contributed by atoms with Crippen LogP contribution in [0.1, 0.15) is 25.0 Å². The number of hydrogen-bond acceptors (Lipinski definition) is 3. The molecule has 0 aliphatic heterocycles. The Kier molecular flexibility index (Phi) is 3.13. The monoisotopic (exact) mass is 195 g/mol. The summed E-state index contributed by atoms with van der Waals surface area (Å²) in [6.45, 7) is 3.65. The van der Waals surface area contributed by atoms with Crippen molar-refractivity contribution >= 4 is 0 Å². The zero-order valence-corrected chi connectivity index (χ0v) is 8.62. The maximum Gasteiger partial charge on any atom is 0.124 e. The molecule has 1 aromatic carbocycles. The molecule has 1 rings (SSSR count). The molecule has 0 spiro atoms. The van der Waals surface area contributed by atoms with Crippen molar-refractivity contribution in [3.05, 3.63) is 29.3 Å². The lowest BCUT2D eigenvalue weighted by molar-refractivity contribution is 0.275. The summed E-state index contributed by atoms with van der Waals surface area (Å²) in [5.41, 5.74) is 6.83. The van der Waals surface area contributed by atoms with Gasteiger partial charge in [-0.2, -0.15) is 0 Å². The third-order valence-corrected chi connectivity index (χ3v) is 2.02. The van der Waals surface area contributed by atoms with E-state index in [1.54, 1.807) is 6.07 Å². The van der Waals surface area contributed by atoms with E-state index in [4.69, 9.17) is 10.8 Å². The number of aromatic hydroxyl groups is 1. The largest absolute Gasteiger partial charge is 0.507 e. The first-order valence-electron chi connectivity index (χ1n) is 4.63. The molecule has 0 heterocycles. The SMILES string of the molecule is CC(C)(N)Cc1cccc(CO)c1O. The van der Waals surface area contributed by atoms with Gasteiger partial charge in [0, 0.05) is 11.1 Å². The fourth-order valence-electron chi connectivity index (χ4n) is 1.41. The Morgan fingerprint density at radius 3 is 2.36 bits per heavy atom. The molecule has 0 aliphatic rings. The quantitative estimate of drug-likeness (QED) is 0.678. The third-order valence-electron chi connectivity index (χ3n) is 2.02. The number of aliphatic hydroxyl groups is 1. The minimum absolute atomic E-state index is 0.148. The van der Waals surface area contributed by atoms with E-state index in [-0.39, 0.29) is 17.9 Å². The molecule has 3 nitrogen and oxygen atoms in total. The van der Waals surface area contributed by atoms with Crippen LogP contribution in [0.25, 0.3) is 0 Å². The Hall–Kier alpha value is -1.06. The number of phenols is 1. The molecule has 1 aromatic rings. The lowest BCUT2D eigenvalue weighted by Gasteiger charge is -2.19. The number of para-hydroxylation sites is 1. The first kappa shape index (κ1) is 11.0. The summed E-state index contributed by atoms with van der Waals surface area (Å²) in [6.07, 6.45) is 0.590. The van der Waals surface area contributed by atoms with Gasteiger partial charge in [-0.1, -0.05) is 18.2 Å². The van der Waals surface area contributed by atoms with Crippen molar-refractivity contribution in [1.29, 1.82) is 0 Å². The highest BCUT2D eigenvalue weighted by Gasteiger charge is 2.15. The minimum atomic E-state index is -0.356. The van der Waals surface area contributed by atoms with Gasteiger partial charge < -0.3 is 15.9 Å². The van der Waals surface area contributed by atoms with Crippen LogP contribution in [0.2, 0.25) is 0 Å². The zero-order chi connectivity index (χ0) is 10.8. The topological polar surface area (TPSA) is 66.5 Å². The number of rotatable bonds is 3. The first-order valence-corrected chi connectivity index (χ1v) is 4.63. The Morgan fingerprint density at radius 1 is 1.29 bits per heavy atom. The van der Waals surface area contributed by atoms with E-state index >= 15 is 0 Å². The van der Waals surface area contributed by atoms with Crippen LogP contribution < -0.4 is 5.73 Å². The van der Waals surface area contributed by atoms with Crippen molar-refractivity contribution in [3.8, 4) is 5.75 Å². The summed E-state index contributed by atoms with van der Waals surface area (Å²) < 4.78 is 0. The molecule has 0 aromatic heterocycles. The van der Waals surface area contributed by atoms with E-state index in [0.29, 0.717) is 12.0 Å². The Morgan fingerprint density at radius 2 is 1.86 bits per heavy atom. The molecular weight excluding hydrogens is 178 g/mol. The minimum Gasteiger partial charge on any atom is -0.507 e. The molecule has 14 heavy (non-hydrogen) atoms. The fraction of sp³-hybridized carbons (Fsp3) is 0.455. The normalized spacial score (nSPS) is 11.7. The summed E-state index contributed by atoms with van der Waals surface area (Å²) in [7, 11) is 0. The van der Waals surface area contributed by atoms with Crippen molar-refractivity contribution in [2.24, 2.45) is 5.73 Å². The van der Waals surface area contributed by atoms with Crippen LogP contribution in [0.4, 0.5) is 0 Å². The molecule has 4 N–H and O–H groups in total. The predicted octanol–water partition coefficient (Wildman–Crippen LogP) is 1.16. The maximum absolute atomic E-state index is 9.74. The van der Waals surface area contributed by atoms with E-state index in [2.05, 4.69) is 0 Å². The number of benzene rings is 1. The van der Waals surface area contributed by atoms with Gasteiger partial charge in [-0.15, -0.1) is 0 Å². The van der Waals surface area contributed by atoms with Gasteiger partial charge in [0.25, 0.3) is 0 Å². The van der Waals surface area contributed by atoms with Crippen LogP contribution in [-0.4, -0.2) is 15.8 Å². The van der Waals surface area contributed by atoms with Gasteiger partial charge in [0.15, 0.2) is 0 Å². The van der Waals surface area contributed by atoms with Crippen LogP contribution in [0.5, 0.6) is 5.75 Å². The summed E-state index contributed by atoms with van der Waals surface area (Å²) >= 11 is 0. The highest BCUT2D eigenvalue weighted by molar-refractivity contribution is 5.40. The van der Waals surface area contributed by atoms with Gasteiger partial charge in [-0.25, -0.2) is 0 Å². The molecule has 0 saturated heterocycles. The summed E-state index contributed by atoms with van der Waals surface area (Å²) in [5, 5.41) is 18.7. The number of aliphatic hydroxyl groups excluding tert-OH is 1. The standard InChI is InChI=1S/C11H17NO2/c1-11(2,12)6-8-4-3-5-9(7-13)10(8)14/h3-5,13-14H,6-7,12H2,1-2H3. The first-order chi connectivity index (χ1) is 6.44. The van der Waals surface area contributed by atoms with Crippen LogP contribution in [0, 0.1) is 0 Å². The van der Waals surface area contributed by atoms with Gasteiger partial charge in [-0.3, -0.25) is 0 Å². The van der Waals surface area contributed by atoms with Crippen molar-refractivity contribution < 1.29 is 10.2 Å². The highest BCUT2D eigenvalue weighted by atomic mass is 16.3. The van der Waals surface area contributed by atoms with Gasteiger partial charge >= 0.3 is 0 Å². The summed E-state index contributed by atoms with van der Waals surface area (Å²) in [6, 6.07) is 5.33.